The Labute approximate surface area is 307 Å². The molecule has 0 aliphatic carbocycles. The van der Waals surface area contributed by atoms with Gasteiger partial charge in [-0.3, -0.25) is 28.3 Å². The van der Waals surface area contributed by atoms with Crippen molar-refractivity contribution in [1.82, 2.24) is 14.0 Å². The van der Waals surface area contributed by atoms with E-state index in [9.17, 15) is 29.1 Å². The summed E-state index contributed by atoms with van der Waals surface area (Å²) in [5.74, 6) is -0.397. The van der Waals surface area contributed by atoms with Crippen molar-refractivity contribution in [1.29, 1.82) is 0 Å². The molecule has 0 bridgehead atoms. The molecule has 1 atom stereocenters. The Balaban J connectivity index is 1.37. The molecule has 276 valence electrons. The number of amides is 3. The topological polar surface area (TPSA) is 156 Å². The first-order chi connectivity index (χ1) is 25.4. The molecule has 1 unspecified atom stereocenters. The van der Waals surface area contributed by atoms with Crippen LogP contribution in [0.15, 0.2) is 80.5 Å². The van der Waals surface area contributed by atoms with Crippen LogP contribution in [0, 0.1) is 5.92 Å². The Bertz CT molecular complexity index is 2220. The van der Waals surface area contributed by atoms with Gasteiger partial charge in [-0.1, -0.05) is 57.5 Å². The minimum Gasteiger partial charge on any atom is -0.493 e. The van der Waals surface area contributed by atoms with E-state index in [1.54, 1.807) is 23.1 Å². The number of fused-ring (bicyclic) bond motifs is 1. The average molecular weight is 721 g/mol. The predicted octanol–water partition coefficient (Wildman–Crippen LogP) is 6.60. The number of carbonyl (C=O) groups excluding carboxylic acids is 3. The van der Waals surface area contributed by atoms with Crippen LogP contribution < -0.4 is 20.9 Å². The van der Waals surface area contributed by atoms with E-state index in [0.29, 0.717) is 48.3 Å². The minimum atomic E-state index is -0.877. The molecular formula is C40H44N6O7. The Kier molecular flexibility index (Phi) is 10.7. The second-order valence-electron chi connectivity index (χ2n) is 13.9. The van der Waals surface area contributed by atoms with Gasteiger partial charge >= 0.3 is 5.69 Å². The molecule has 2 aliphatic rings. The van der Waals surface area contributed by atoms with E-state index in [1.165, 1.54) is 31.8 Å². The van der Waals surface area contributed by atoms with Crippen LogP contribution in [0.1, 0.15) is 85.1 Å². The molecule has 3 aromatic carbocycles. The zero-order valence-corrected chi connectivity index (χ0v) is 30.7. The summed E-state index contributed by atoms with van der Waals surface area (Å²) in [6, 6.07) is 18.0. The maximum Gasteiger partial charge on any atom is 0.333 e. The SMILES string of the molecule is CCC(CCC(C)C)c1ccc(-c2ccc(OCCN3CCCC3=O)cc2N2C(=O)c3cccc(N=Nc4c(O)n(C)c(=O)n(C)c4=O)c3C2=O)cc1. The Morgan fingerprint density at radius 1 is 0.868 bits per heavy atom. The minimum absolute atomic E-state index is 0.000695. The van der Waals surface area contributed by atoms with E-state index in [1.807, 2.05) is 18.2 Å². The summed E-state index contributed by atoms with van der Waals surface area (Å²) in [6.45, 7) is 7.98. The number of rotatable bonds is 13. The van der Waals surface area contributed by atoms with Gasteiger partial charge < -0.3 is 14.7 Å². The van der Waals surface area contributed by atoms with Gasteiger partial charge in [0.2, 0.25) is 17.5 Å². The largest absolute Gasteiger partial charge is 0.493 e. The van der Waals surface area contributed by atoms with Crippen molar-refractivity contribution in [3.05, 3.63) is 98.2 Å². The van der Waals surface area contributed by atoms with Crippen LogP contribution in [0.4, 0.5) is 17.1 Å². The van der Waals surface area contributed by atoms with E-state index in [2.05, 4.69) is 43.1 Å². The van der Waals surface area contributed by atoms with Crippen LogP contribution in [0.5, 0.6) is 11.6 Å². The number of carbonyl (C=O) groups is 3. The molecule has 2 aliphatic heterocycles. The lowest BCUT2D eigenvalue weighted by molar-refractivity contribution is -0.128. The second-order valence-corrected chi connectivity index (χ2v) is 13.9. The second kappa shape index (κ2) is 15.4. The molecule has 4 aromatic rings. The zero-order chi connectivity index (χ0) is 38.0. The van der Waals surface area contributed by atoms with Crippen molar-refractivity contribution in [2.75, 3.05) is 24.6 Å². The molecule has 1 N–H and O–H groups in total. The van der Waals surface area contributed by atoms with Gasteiger partial charge in [0, 0.05) is 38.7 Å². The summed E-state index contributed by atoms with van der Waals surface area (Å²) in [5.41, 5.74) is 0.889. The zero-order valence-electron chi connectivity index (χ0n) is 30.7. The lowest BCUT2D eigenvalue weighted by atomic mass is 9.88. The number of hydrogen-bond donors (Lipinski definition) is 1. The summed E-state index contributed by atoms with van der Waals surface area (Å²) in [4.78, 5) is 68.4. The first kappa shape index (κ1) is 36.9. The molecule has 53 heavy (non-hydrogen) atoms. The number of imide groups is 1. The summed E-state index contributed by atoms with van der Waals surface area (Å²) in [6.07, 6.45) is 4.56. The van der Waals surface area contributed by atoms with Crippen molar-refractivity contribution in [3.8, 4) is 22.8 Å². The van der Waals surface area contributed by atoms with Crippen LogP contribution >= 0.6 is 0 Å². The number of nitrogens with zero attached hydrogens (tertiary/aromatic N) is 6. The fourth-order valence-electron chi connectivity index (χ4n) is 6.90. The smallest absolute Gasteiger partial charge is 0.333 e. The van der Waals surface area contributed by atoms with Gasteiger partial charge in [-0.2, -0.15) is 0 Å². The van der Waals surface area contributed by atoms with E-state index in [4.69, 9.17) is 4.74 Å². The number of azo groups is 1. The highest BCUT2D eigenvalue weighted by atomic mass is 16.5. The number of ether oxygens (including phenoxy) is 1. The van der Waals surface area contributed by atoms with Crippen LogP contribution in [0.2, 0.25) is 0 Å². The Morgan fingerprint density at radius 2 is 1.62 bits per heavy atom. The van der Waals surface area contributed by atoms with Crippen molar-refractivity contribution < 1.29 is 24.2 Å². The highest BCUT2D eigenvalue weighted by molar-refractivity contribution is 6.36. The highest BCUT2D eigenvalue weighted by Gasteiger charge is 2.40. The normalized spacial score (nSPS) is 14.9. The number of anilines is 1. The van der Waals surface area contributed by atoms with E-state index < -0.39 is 34.6 Å². The van der Waals surface area contributed by atoms with Gasteiger partial charge in [-0.15, -0.1) is 10.2 Å². The van der Waals surface area contributed by atoms with Crippen LogP contribution in [-0.4, -0.2) is 56.6 Å². The first-order valence-electron chi connectivity index (χ1n) is 18.0. The van der Waals surface area contributed by atoms with Gasteiger partial charge in [0.05, 0.1) is 29.0 Å². The monoisotopic (exact) mass is 720 g/mol. The molecule has 6 rings (SSSR count). The third-order valence-electron chi connectivity index (χ3n) is 10.1. The fourth-order valence-corrected chi connectivity index (χ4v) is 6.90. The molecule has 3 amide bonds. The predicted molar refractivity (Wildman–Crippen MR) is 201 cm³/mol. The number of aromatic nitrogens is 2. The molecule has 13 nitrogen and oxygen atoms in total. The Morgan fingerprint density at radius 3 is 2.30 bits per heavy atom. The van der Waals surface area contributed by atoms with Gasteiger partial charge in [0.25, 0.3) is 17.4 Å². The number of likely N-dealkylation sites (tertiary alicyclic amines) is 1. The third kappa shape index (κ3) is 7.28. The standard InChI is InChI=1S/C40H44N6O7/c1-6-25(13-12-24(2)3)26-14-16-27(17-15-26)29-19-18-28(53-22-21-45-20-8-11-33(45)47)23-32(29)46-36(48)30-9-7-10-31(34(30)37(46)49)41-42-35-38(50)43(4)40(52)44(5)39(35)51/h7,9-10,14-19,23-25,50H,6,8,11-13,20-22H2,1-5H3. The summed E-state index contributed by atoms with van der Waals surface area (Å²) in [7, 11) is 2.52. The number of hydrogen-bond acceptors (Lipinski definition) is 9. The molecule has 0 radical (unpaired) electrons. The van der Waals surface area contributed by atoms with Crippen LogP contribution in [0.3, 0.4) is 0 Å². The Hall–Kier alpha value is -5.85. The maximum absolute atomic E-state index is 14.3. The van der Waals surface area contributed by atoms with Crippen molar-refractivity contribution in [2.24, 2.45) is 30.2 Å². The summed E-state index contributed by atoms with van der Waals surface area (Å²) >= 11 is 0. The molecule has 1 aromatic heterocycles. The van der Waals surface area contributed by atoms with Crippen LogP contribution in [0.25, 0.3) is 11.1 Å². The van der Waals surface area contributed by atoms with Gasteiger partial charge in [0.15, 0.2) is 0 Å². The quantitative estimate of drug-likeness (QED) is 0.120. The van der Waals surface area contributed by atoms with Crippen molar-refractivity contribution in [3.63, 3.8) is 0 Å². The first-order valence-corrected chi connectivity index (χ1v) is 18.0. The van der Waals surface area contributed by atoms with Crippen molar-refractivity contribution in [2.45, 2.75) is 58.8 Å². The summed E-state index contributed by atoms with van der Waals surface area (Å²) < 4.78 is 7.70. The van der Waals surface area contributed by atoms with Crippen LogP contribution in [-0.2, 0) is 18.9 Å². The molecule has 13 heteroatoms. The van der Waals surface area contributed by atoms with E-state index >= 15 is 0 Å². The van der Waals surface area contributed by atoms with E-state index in [-0.39, 0.29) is 29.3 Å². The molecule has 0 spiro atoms. The maximum atomic E-state index is 14.3. The van der Waals surface area contributed by atoms with Gasteiger partial charge in [0.1, 0.15) is 12.4 Å². The van der Waals surface area contributed by atoms with Gasteiger partial charge in [-0.25, -0.2) is 9.69 Å². The lowest BCUT2D eigenvalue weighted by Crippen LogP contribution is -2.36. The molecule has 0 saturated carbocycles. The number of benzene rings is 3. The fraction of sp³-hybridized carbons (Fsp3) is 0.375. The summed E-state index contributed by atoms with van der Waals surface area (Å²) in [5, 5.41) is 18.5. The molecule has 1 fully saturated rings. The molecule has 3 heterocycles. The molecule has 1 saturated heterocycles. The van der Waals surface area contributed by atoms with Gasteiger partial charge in [-0.05, 0) is 66.5 Å². The molecular weight excluding hydrogens is 676 g/mol. The highest BCUT2D eigenvalue weighted by Crippen LogP contribution is 2.41. The average Bonchev–Trinajstić information content (AvgIpc) is 3.68. The lowest BCUT2D eigenvalue weighted by Gasteiger charge is -2.21. The third-order valence-corrected chi connectivity index (χ3v) is 10.1. The van der Waals surface area contributed by atoms with E-state index in [0.717, 1.165) is 45.3 Å². The van der Waals surface area contributed by atoms with Crippen molar-refractivity contribution >= 4 is 34.8 Å². The number of aromatic hydroxyl groups is 1.